The molecule has 8 nitrogen and oxygen atoms in total. The summed E-state index contributed by atoms with van der Waals surface area (Å²) >= 11 is 6.05. The van der Waals surface area contributed by atoms with Crippen LogP contribution >= 0.6 is 11.6 Å². The van der Waals surface area contributed by atoms with Crippen LogP contribution in [-0.4, -0.2) is 32.2 Å². The zero-order chi connectivity index (χ0) is 25.7. The molecule has 9 heteroatoms. The molecule has 1 atom stereocenters. The lowest BCUT2D eigenvalue weighted by molar-refractivity contribution is 0.0970. The highest BCUT2D eigenvalue weighted by molar-refractivity contribution is 6.30. The predicted octanol–water partition coefficient (Wildman–Crippen LogP) is 5.23. The van der Waals surface area contributed by atoms with Crippen molar-refractivity contribution >= 4 is 34.3 Å². The Kier molecular flexibility index (Phi) is 5.84. The number of anilines is 1. The van der Waals surface area contributed by atoms with E-state index in [1.54, 1.807) is 36.4 Å². The van der Waals surface area contributed by atoms with E-state index in [4.69, 9.17) is 30.2 Å². The normalized spacial score (nSPS) is 14.8. The van der Waals surface area contributed by atoms with Crippen molar-refractivity contribution in [3.8, 4) is 17.2 Å². The van der Waals surface area contributed by atoms with Crippen LogP contribution in [0, 0.1) is 13.8 Å². The lowest BCUT2D eigenvalue weighted by atomic mass is 9.96. The molecule has 36 heavy (non-hydrogen) atoms. The fraction of sp³-hybridized carbons (Fsp3) is 0.222. The van der Waals surface area contributed by atoms with E-state index in [2.05, 4.69) is 4.98 Å². The summed E-state index contributed by atoms with van der Waals surface area (Å²) in [5, 5.41) is 0.811. The van der Waals surface area contributed by atoms with Crippen LogP contribution in [0.4, 0.5) is 5.82 Å². The van der Waals surface area contributed by atoms with Gasteiger partial charge in [-0.2, -0.15) is 0 Å². The molecule has 0 saturated carbocycles. The molecule has 3 heterocycles. The number of carbonyl (C=O) groups is 1. The van der Waals surface area contributed by atoms with Gasteiger partial charge in [0.05, 0.1) is 43.3 Å². The molecule has 1 amide bonds. The number of amides is 1. The number of rotatable bonds is 5. The van der Waals surface area contributed by atoms with Gasteiger partial charge >= 0.3 is 0 Å². The Labute approximate surface area is 212 Å². The van der Waals surface area contributed by atoms with Gasteiger partial charge in [0, 0.05) is 6.20 Å². The summed E-state index contributed by atoms with van der Waals surface area (Å²) in [7, 11) is 4.50. The van der Waals surface area contributed by atoms with Crippen molar-refractivity contribution in [3.05, 3.63) is 85.9 Å². The van der Waals surface area contributed by atoms with Crippen molar-refractivity contribution in [2.45, 2.75) is 19.9 Å². The number of carbonyl (C=O) groups excluding carboxylic acids is 1. The Morgan fingerprint density at radius 1 is 0.944 bits per heavy atom. The van der Waals surface area contributed by atoms with Gasteiger partial charge in [-0.1, -0.05) is 11.6 Å². The number of nitrogens with zero attached hydrogens (tertiary/aromatic N) is 2. The topological polar surface area (TPSA) is 91.1 Å². The number of pyridine rings is 1. The van der Waals surface area contributed by atoms with Gasteiger partial charge in [0.15, 0.2) is 16.9 Å². The number of methoxy groups -OCH3 is 3. The fourth-order valence-corrected chi connectivity index (χ4v) is 4.66. The van der Waals surface area contributed by atoms with E-state index in [0.717, 1.165) is 11.1 Å². The van der Waals surface area contributed by atoms with Crippen LogP contribution in [-0.2, 0) is 0 Å². The highest BCUT2D eigenvalue weighted by Crippen LogP contribution is 2.46. The maximum Gasteiger partial charge on any atom is 0.296 e. The van der Waals surface area contributed by atoms with E-state index < -0.39 is 11.9 Å². The van der Waals surface area contributed by atoms with Gasteiger partial charge in [-0.3, -0.25) is 14.5 Å². The molecular weight excluding hydrogens is 484 g/mol. The van der Waals surface area contributed by atoms with Crippen molar-refractivity contribution in [2.75, 3.05) is 26.2 Å². The number of fused-ring (bicyclic) bond motifs is 2. The Balaban J connectivity index is 1.85. The Morgan fingerprint density at radius 3 is 2.19 bits per heavy atom. The summed E-state index contributed by atoms with van der Waals surface area (Å²) in [4.78, 5) is 33.5. The summed E-state index contributed by atoms with van der Waals surface area (Å²) in [5.74, 6) is 0.940. The van der Waals surface area contributed by atoms with Gasteiger partial charge in [-0.25, -0.2) is 4.98 Å². The quantitative estimate of drug-likeness (QED) is 0.366. The maximum atomic E-state index is 13.9. The first kappa shape index (κ1) is 23.7. The van der Waals surface area contributed by atoms with Crippen LogP contribution < -0.4 is 24.5 Å². The average molecular weight is 507 g/mol. The van der Waals surface area contributed by atoms with Crippen molar-refractivity contribution < 1.29 is 23.4 Å². The molecule has 2 aromatic carbocycles. The molecular formula is C27H23ClN2O6. The number of halogens is 1. The molecule has 1 aliphatic rings. The standard InChI is InChI=1S/C27H23ClN2O6/c1-13-8-17-18(9-14(13)2)36-26-22(24(17)31)23(30(27(26)32)21-7-6-16(28)12-29-21)15-10-19(33-3)25(35-5)20(11-15)34-4/h6-12,23H,1-5H3. The summed E-state index contributed by atoms with van der Waals surface area (Å²) in [5.41, 5.74) is 2.72. The molecule has 0 spiro atoms. The van der Waals surface area contributed by atoms with E-state index in [1.165, 1.54) is 32.4 Å². The van der Waals surface area contributed by atoms with Gasteiger partial charge in [-0.05, 0) is 66.9 Å². The lowest BCUT2D eigenvalue weighted by Gasteiger charge is -2.25. The summed E-state index contributed by atoms with van der Waals surface area (Å²) in [6, 6.07) is 9.37. The average Bonchev–Trinajstić information content (AvgIpc) is 3.17. The smallest absolute Gasteiger partial charge is 0.296 e. The fourth-order valence-electron chi connectivity index (χ4n) is 4.55. The molecule has 0 aliphatic carbocycles. The molecule has 0 radical (unpaired) electrons. The molecule has 1 aliphatic heterocycles. The Bertz CT molecular complexity index is 1550. The third kappa shape index (κ3) is 3.56. The first-order valence-electron chi connectivity index (χ1n) is 11.1. The third-order valence-electron chi connectivity index (χ3n) is 6.45. The second-order valence-electron chi connectivity index (χ2n) is 8.48. The van der Waals surface area contributed by atoms with Gasteiger partial charge in [0.1, 0.15) is 11.4 Å². The lowest BCUT2D eigenvalue weighted by Crippen LogP contribution is -2.30. The van der Waals surface area contributed by atoms with Crippen molar-refractivity contribution in [1.82, 2.24) is 4.98 Å². The predicted molar refractivity (Wildman–Crippen MR) is 136 cm³/mol. The zero-order valence-electron chi connectivity index (χ0n) is 20.3. The first-order chi connectivity index (χ1) is 17.3. The van der Waals surface area contributed by atoms with Crippen LogP contribution in [0.15, 0.2) is 51.8 Å². The molecule has 0 fully saturated rings. The number of aryl methyl sites for hydroxylation is 2. The Morgan fingerprint density at radius 2 is 1.61 bits per heavy atom. The number of ether oxygens (including phenoxy) is 3. The molecule has 5 rings (SSSR count). The van der Waals surface area contributed by atoms with Crippen LogP contribution in [0.2, 0.25) is 5.02 Å². The highest BCUT2D eigenvalue weighted by Gasteiger charge is 2.45. The molecule has 0 saturated heterocycles. The summed E-state index contributed by atoms with van der Waals surface area (Å²) in [6.07, 6.45) is 1.44. The minimum Gasteiger partial charge on any atom is -0.493 e. The van der Waals surface area contributed by atoms with E-state index in [-0.39, 0.29) is 16.8 Å². The van der Waals surface area contributed by atoms with Gasteiger partial charge in [0.25, 0.3) is 5.91 Å². The minimum absolute atomic E-state index is 0.0359. The van der Waals surface area contributed by atoms with Gasteiger partial charge < -0.3 is 18.6 Å². The maximum absolute atomic E-state index is 13.9. The summed E-state index contributed by atoms with van der Waals surface area (Å²) in [6.45, 7) is 3.85. The van der Waals surface area contributed by atoms with Crippen molar-refractivity contribution in [1.29, 1.82) is 0 Å². The number of hydrogen-bond acceptors (Lipinski definition) is 7. The van der Waals surface area contributed by atoms with E-state index in [0.29, 0.717) is 44.6 Å². The molecule has 1 unspecified atom stereocenters. The Hall–Kier alpha value is -4.04. The van der Waals surface area contributed by atoms with E-state index in [9.17, 15) is 9.59 Å². The highest BCUT2D eigenvalue weighted by atomic mass is 35.5. The summed E-state index contributed by atoms with van der Waals surface area (Å²) < 4.78 is 22.6. The number of hydrogen-bond donors (Lipinski definition) is 0. The molecule has 0 bridgehead atoms. The SMILES string of the molecule is COc1cc(C2c3c(oc4cc(C)c(C)cc4c3=O)C(=O)N2c2ccc(Cl)cn2)cc(OC)c1OC. The van der Waals surface area contributed by atoms with Gasteiger partial charge in [-0.15, -0.1) is 0 Å². The van der Waals surface area contributed by atoms with Crippen molar-refractivity contribution in [2.24, 2.45) is 0 Å². The van der Waals surface area contributed by atoms with Crippen molar-refractivity contribution in [3.63, 3.8) is 0 Å². The molecule has 184 valence electrons. The number of benzene rings is 2. The molecule has 4 aromatic rings. The third-order valence-corrected chi connectivity index (χ3v) is 6.67. The minimum atomic E-state index is -0.864. The van der Waals surface area contributed by atoms with Gasteiger partial charge in [0.2, 0.25) is 11.5 Å². The van der Waals surface area contributed by atoms with Crippen LogP contribution in [0.5, 0.6) is 17.2 Å². The first-order valence-corrected chi connectivity index (χ1v) is 11.5. The molecule has 2 aromatic heterocycles. The largest absolute Gasteiger partial charge is 0.493 e. The van der Waals surface area contributed by atoms with Crippen LogP contribution in [0.1, 0.15) is 38.9 Å². The molecule has 0 N–H and O–H groups in total. The monoisotopic (exact) mass is 506 g/mol. The zero-order valence-corrected chi connectivity index (χ0v) is 21.1. The van der Waals surface area contributed by atoms with E-state index in [1.807, 2.05) is 13.8 Å². The second kappa shape index (κ2) is 8.87. The van der Waals surface area contributed by atoms with Crippen LogP contribution in [0.25, 0.3) is 11.0 Å². The number of aromatic nitrogens is 1. The van der Waals surface area contributed by atoms with Crippen LogP contribution in [0.3, 0.4) is 0 Å². The van der Waals surface area contributed by atoms with E-state index >= 15 is 0 Å². The second-order valence-corrected chi connectivity index (χ2v) is 8.91.